The monoisotopic (exact) mass is 254 g/mol. The molecule has 2 aliphatic rings. The summed E-state index contributed by atoms with van der Waals surface area (Å²) in [6, 6.07) is 0. The van der Waals surface area contributed by atoms with E-state index in [-0.39, 0.29) is 0 Å². The Bertz CT molecular complexity index is 211. The smallest absolute Gasteiger partial charge is 0.0786 e. The molecule has 0 unspecified atom stereocenters. The molecule has 0 amide bonds. The lowest BCUT2D eigenvalue weighted by molar-refractivity contribution is -0.920. The Kier molecular flexibility index (Phi) is 5.08. The zero-order chi connectivity index (χ0) is 12.9. The first kappa shape index (κ1) is 14.3. The number of rotatable bonds is 5. The SMILES string of the molecule is C[N+]1(CCCC[N+]2(C)CCCCC2)CCCCC1. The van der Waals surface area contributed by atoms with Gasteiger partial charge >= 0.3 is 0 Å². The second kappa shape index (κ2) is 6.38. The van der Waals surface area contributed by atoms with Crippen LogP contribution >= 0.6 is 0 Å². The van der Waals surface area contributed by atoms with Gasteiger partial charge in [-0.25, -0.2) is 0 Å². The van der Waals surface area contributed by atoms with Crippen LogP contribution in [0.1, 0.15) is 51.4 Å². The zero-order valence-electron chi connectivity index (χ0n) is 12.8. The molecule has 0 bridgehead atoms. The normalized spacial score (nSPS) is 27.0. The summed E-state index contributed by atoms with van der Waals surface area (Å²) in [6.07, 6.45) is 11.7. The van der Waals surface area contributed by atoms with Crippen LogP contribution in [-0.2, 0) is 0 Å². The second-order valence-electron chi connectivity index (χ2n) is 7.41. The van der Waals surface area contributed by atoms with Crippen molar-refractivity contribution in [2.24, 2.45) is 0 Å². The van der Waals surface area contributed by atoms with Crippen LogP contribution in [0.4, 0.5) is 0 Å². The van der Waals surface area contributed by atoms with Crippen molar-refractivity contribution in [3.63, 3.8) is 0 Å². The molecule has 2 fully saturated rings. The van der Waals surface area contributed by atoms with E-state index < -0.39 is 0 Å². The van der Waals surface area contributed by atoms with Crippen LogP contribution < -0.4 is 0 Å². The number of quaternary nitrogens is 2. The molecule has 2 aliphatic heterocycles. The minimum Gasteiger partial charge on any atom is -0.326 e. The van der Waals surface area contributed by atoms with Gasteiger partial charge in [-0.2, -0.15) is 0 Å². The minimum absolute atomic E-state index is 1.36. The number of piperidine rings is 2. The largest absolute Gasteiger partial charge is 0.326 e. The van der Waals surface area contributed by atoms with Gasteiger partial charge < -0.3 is 8.97 Å². The molecule has 0 saturated carbocycles. The third-order valence-corrected chi connectivity index (χ3v) is 5.44. The highest BCUT2D eigenvalue weighted by Crippen LogP contribution is 2.19. The van der Waals surface area contributed by atoms with Crippen molar-refractivity contribution >= 4 is 0 Å². The molecule has 0 atom stereocenters. The van der Waals surface area contributed by atoms with Crippen LogP contribution in [0, 0.1) is 0 Å². The molecule has 2 rings (SSSR count). The Balaban J connectivity index is 1.63. The number of hydrogen-bond acceptors (Lipinski definition) is 0. The number of hydrogen-bond donors (Lipinski definition) is 0. The van der Waals surface area contributed by atoms with Crippen LogP contribution in [0.3, 0.4) is 0 Å². The first-order valence-corrected chi connectivity index (χ1v) is 8.29. The van der Waals surface area contributed by atoms with Gasteiger partial charge in [0.2, 0.25) is 0 Å². The summed E-state index contributed by atoms with van der Waals surface area (Å²) >= 11 is 0. The predicted octanol–water partition coefficient (Wildman–Crippen LogP) is 3.03. The fraction of sp³-hybridized carbons (Fsp3) is 1.00. The highest BCUT2D eigenvalue weighted by Gasteiger charge is 2.26. The molecule has 0 aromatic heterocycles. The van der Waals surface area contributed by atoms with Crippen LogP contribution in [0.25, 0.3) is 0 Å². The van der Waals surface area contributed by atoms with Crippen molar-refractivity contribution in [1.29, 1.82) is 0 Å². The summed E-state index contributed by atoms with van der Waals surface area (Å²) in [5.74, 6) is 0. The quantitative estimate of drug-likeness (QED) is 0.522. The molecule has 2 heteroatoms. The van der Waals surface area contributed by atoms with Gasteiger partial charge in [-0.15, -0.1) is 0 Å². The molecule has 2 nitrogen and oxygen atoms in total. The molecule has 0 radical (unpaired) electrons. The van der Waals surface area contributed by atoms with Crippen LogP contribution in [0.2, 0.25) is 0 Å². The van der Waals surface area contributed by atoms with Gasteiger partial charge in [-0.05, 0) is 38.5 Å². The lowest BCUT2D eigenvalue weighted by Crippen LogP contribution is -2.50. The van der Waals surface area contributed by atoms with Crippen molar-refractivity contribution in [1.82, 2.24) is 0 Å². The van der Waals surface area contributed by atoms with Crippen molar-refractivity contribution in [3.8, 4) is 0 Å². The van der Waals surface area contributed by atoms with Gasteiger partial charge in [0.05, 0.1) is 53.4 Å². The van der Waals surface area contributed by atoms with Crippen LogP contribution in [0.15, 0.2) is 0 Å². The Hall–Kier alpha value is -0.0800. The second-order valence-corrected chi connectivity index (χ2v) is 7.41. The van der Waals surface area contributed by atoms with Crippen LogP contribution in [0.5, 0.6) is 0 Å². The van der Waals surface area contributed by atoms with E-state index in [1.807, 2.05) is 0 Å². The molecule has 0 aromatic rings. The minimum atomic E-state index is 1.36. The van der Waals surface area contributed by atoms with E-state index in [1.54, 1.807) is 0 Å². The lowest BCUT2D eigenvalue weighted by Gasteiger charge is -2.39. The highest BCUT2D eigenvalue weighted by atomic mass is 15.3. The summed E-state index contributed by atoms with van der Waals surface area (Å²) in [5.41, 5.74) is 0. The average Bonchev–Trinajstić information content (AvgIpc) is 2.37. The van der Waals surface area contributed by atoms with Gasteiger partial charge in [-0.1, -0.05) is 0 Å². The van der Waals surface area contributed by atoms with Gasteiger partial charge in [0.25, 0.3) is 0 Å². The fourth-order valence-corrected chi connectivity index (χ4v) is 3.99. The van der Waals surface area contributed by atoms with Gasteiger partial charge in [0.1, 0.15) is 0 Å². The first-order valence-electron chi connectivity index (χ1n) is 8.29. The fourth-order valence-electron chi connectivity index (χ4n) is 3.99. The topological polar surface area (TPSA) is 0 Å². The Labute approximate surface area is 114 Å². The van der Waals surface area contributed by atoms with Gasteiger partial charge in [0, 0.05) is 12.8 Å². The maximum absolute atomic E-state index is 2.48. The van der Waals surface area contributed by atoms with Crippen molar-refractivity contribution in [2.45, 2.75) is 51.4 Å². The number of nitrogens with zero attached hydrogens (tertiary/aromatic N) is 2. The molecule has 0 N–H and O–H groups in total. The first-order chi connectivity index (χ1) is 8.62. The van der Waals surface area contributed by atoms with E-state index in [9.17, 15) is 0 Å². The van der Waals surface area contributed by atoms with E-state index in [4.69, 9.17) is 0 Å². The molecule has 2 saturated heterocycles. The third kappa shape index (κ3) is 4.24. The molecule has 0 spiro atoms. The maximum Gasteiger partial charge on any atom is 0.0786 e. The van der Waals surface area contributed by atoms with Gasteiger partial charge in [-0.3, -0.25) is 0 Å². The molecule has 106 valence electrons. The Morgan fingerprint density at radius 1 is 0.556 bits per heavy atom. The molecule has 0 aliphatic carbocycles. The molecular formula is C16H34N2+2. The third-order valence-electron chi connectivity index (χ3n) is 5.44. The average molecular weight is 254 g/mol. The van der Waals surface area contributed by atoms with E-state index in [0.717, 1.165) is 0 Å². The maximum atomic E-state index is 2.48. The summed E-state index contributed by atoms with van der Waals surface area (Å²) < 4.78 is 2.73. The Morgan fingerprint density at radius 3 is 1.22 bits per heavy atom. The summed E-state index contributed by atoms with van der Waals surface area (Å²) in [4.78, 5) is 0. The molecule has 2 heterocycles. The summed E-state index contributed by atoms with van der Waals surface area (Å²) in [5, 5.41) is 0. The number of unbranched alkanes of at least 4 members (excludes halogenated alkanes) is 1. The van der Waals surface area contributed by atoms with E-state index >= 15 is 0 Å². The number of likely N-dealkylation sites (tertiary alicyclic amines) is 2. The van der Waals surface area contributed by atoms with Crippen molar-refractivity contribution < 1.29 is 8.97 Å². The predicted molar refractivity (Wildman–Crippen MR) is 78.5 cm³/mol. The molecular weight excluding hydrogens is 220 g/mol. The van der Waals surface area contributed by atoms with E-state index in [2.05, 4.69) is 14.1 Å². The zero-order valence-corrected chi connectivity index (χ0v) is 12.8. The van der Waals surface area contributed by atoms with Gasteiger partial charge in [0.15, 0.2) is 0 Å². The highest BCUT2D eigenvalue weighted by molar-refractivity contribution is 4.54. The standard InChI is InChI=1S/C16H34N2/c1-17(11-5-3-6-12-17)15-9-10-16-18(2)13-7-4-8-14-18/h3-16H2,1-2H3/q+2. The molecule has 0 aromatic carbocycles. The van der Waals surface area contributed by atoms with Crippen molar-refractivity contribution in [2.75, 3.05) is 53.4 Å². The summed E-state index contributed by atoms with van der Waals surface area (Å²) in [6.45, 7) is 8.61. The molecule has 18 heavy (non-hydrogen) atoms. The van der Waals surface area contributed by atoms with E-state index in [1.165, 1.54) is 99.6 Å². The summed E-state index contributed by atoms with van der Waals surface area (Å²) in [7, 11) is 4.96. The van der Waals surface area contributed by atoms with Crippen molar-refractivity contribution in [3.05, 3.63) is 0 Å². The van der Waals surface area contributed by atoms with Crippen LogP contribution in [-0.4, -0.2) is 62.3 Å². The van der Waals surface area contributed by atoms with E-state index in [0.29, 0.717) is 0 Å². The Morgan fingerprint density at radius 2 is 0.889 bits per heavy atom. The lowest BCUT2D eigenvalue weighted by atomic mass is 10.1.